The molecule has 0 atom stereocenters. The van der Waals surface area contributed by atoms with Crippen LogP contribution in [0.3, 0.4) is 0 Å². The summed E-state index contributed by atoms with van der Waals surface area (Å²) in [6.45, 7) is 2.97. The summed E-state index contributed by atoms with van der Waals surface area (Å²) in [6, 6.07) is 0. The Kier molecular flexibility index (Phi) is 21.7. The van der Waals surface area contributed by atoms with Gasteiger partial charge in [-0.2, -0.15) is 5.48 Å². The normalized spacial score (nSPS) is 10.0. The van der Waals surface area contributed by atoms with Crippen molar-refractivity contribution >= 4 is 47.1 Å². The van der Waals surface area contributed by atoms with Crippen molar-refractivity contribution in [3.05, 3.63) is 0 Å². The summed E-state index contributed by atoms with van der Waals surface area (Å²) >= 11 is 5.28. The zero-order chi connectivity index (χ0) is 13.5. The van der Waals surface area contributed by atoms with E-state index in [1.807, 2.05) is 0 Å². The Labute approximate surface area is 145 Å². The SMILES string of the molecule is CCCCCCCCCCCCNOC(=O)CCl.[NaH]. The Morgan fingerprint density at radius 3 is 1.89 bits per heavy atom. The second-order valence-electron chi connectivity index (χ2n) is 4.68. The van der Waals surface area contributed by atoms with E-state index in [1.165, 1.54) is 57.8 Å². The number of unbranched alkanes of at least 4 members (excludes halogenated alkanes) is 9. The third-order valence-corrected chi connectivity index (χ3v) is 3.15. The summed E-state index contributed by atoms with van der Waals surface area (Å²) in [7, 11) is 0. The quantitative estimate of drug-likeness (QED) is 0.245. The fourth-order valence-electron chi connectivity index (χ4n) is 1.84. The average molecular weight is 302 g/mol. The van der Waals surface area contributed by atoms with E-state index >= 15 is 0 Å². The minimum atomic E-state index is -0.413. The van der Waals surface area contributed by atoms with Gasteiger partial charge in [0, 0.05) is 6.54 Å². The number of halogens is 1. The van der Waals surface area contributed by atoms with Gasteiger partial charge in [-0.1, -0.05) is 64.7 Å². The maximum atomic E-state index is 10.7. The second-order valence-corrected chi connectivity index (χ2v) is 4.95. The molecule has 0 heterocycles. The van der Waals surface area contributed by atoms with Crippen LogP contribution in [-0.4, -0.2) is 48.0 Å². The molecular weight excluding hydrogens is 273 g/mol. The van der Waals surface area contributed by atoms with Crippen LogP contribution < -0.4 is 5.48 Å². The van der Waals surface area contributed by atoms with Crippen molar-refractivity contribution in [1.82, 2.24) is 5.48 Å². The number of hydrogen-bond acceptors (Lipinski definition) is 3. The van der Waals surface area contributed by atoms with Crippen molar-refractivity contribution < 1.29 is 9.63 Å². The van der Waals surface area contributed by atoms with Crippen molar-refractivity contribution in [2.45, 2.75) is 71.1 Å². The molecule has 1 N–H and O–H groups in total. The van der Waals surface area contributed by atoms with Crippen molar-refractivity contribution in [3.63, 3.8) is 0 Å². The number of carbonyl (C=O) groups is 1. The maximum absolute atomic E-state index is 10.7. The first-order chi connectivity index (χ1) is 8.81. The first-order valence-electron chi connectivity index (χ1n) is 7.29. The van der Waals surface area contributed by atoms with Crippen LogP contribution in [0.4, 0.5) is 0 Å². The van der Waals surface area contributed by atoms with E-state index < -0.39 is 5.97 Å². The summed E-state index contributed by atoms with van der Waals surface area (Å²) in [4.78, 5) is 15.3. The molecule has 5 heteroatoms. The molecular formula is C14H29ClNNaO2. The molecule has 0 aliphatic carbocycles. The van der Waals surface area contributed by atoms with Crippen LogP contribution in [0.15, 0.2) is 0 Å². The van der Waals surface area contributed by atoms with Gasteiger partial charge >= 0.3 is 35.5 Å². The fourth-order valence-corrected chi connectivity index (χ4v) is 1.90. The van der Waals surface area contributed by atoms with E-state index in [1.54, 1.807) is 0 Å². The second kappa shape index (κ2) is 18.7. The van der Waals surface area contributed by atoms with Crippen LogP contribution in [0, 0.1) is 0 Å². The van der Waals surface area contributed by atoms with Gasteiger partial charge < -0.3 is 4.84 Å². The van der Waals surface area contributed by atoms with E-state index in [9.17, 15) is 4.79 Å². The number of rotatable bonds is 13. The van der Waals surface area contributed by atoms with Crippen LogP contribution in [0.5, 0.6) is 0 Å². The summed E-state index contributed by atoms with van der Waals surface area (Å²) in [6.07, 6.45) is 13.1. The van der Waals surface area contributed by atoms with Gasteiger partial charge in [-0.15, -0.1) is 11.6 Å². The number of alkyl halides is 1. The van der Waals surface area contributed by atoms with Gasteiger partial charge in [0.25, 0.3) is 0 Å². The van der Waals surface area contributed by atoms with Gasteiger partial charge in [-0.3, -0.25) is 0 Å². The molecule has 0 radical (unpaired) electrons. The molecule has 0 aromatic heterocycles. The minimum absolute atomic E-state index is 0. The van der Waals surface area contributed by atoms with Crippen molar-refractivity contribution in [1.29, 1.82) is 0 Å². The Morgan fingerprint density at radius 1 is 0.947 bits per heavy atom. The van der Waals surface area contributed by atoms with E-state index in [0.717, 1.165) is 13.0 Å². The summed E-state index contributed by atoms with van der Waals surface area (Å²) < 4.78 is 0. The van der Waals surface area contributed by atoms with Crippen molar-refractivity contribution in [3.8, 4) is 0 Å². The van der Waals surface area contributed by atoms with Crippen molar-refractivity contribution in [2.24, 2.45) is 0 Å². The van der Waals surface area contributed by atoms with Crippen LogP contribution in [0.25, 0.3) is 0 Å². The predicted octanol–water partition coefficient (Wildman–Crippen LogP) is 3.55. The molecule has 19 heavy (non-hydrogen) atoms. The fraction of sp³-hybridized carbons (Fsp3) is 0.929. The van der Waals surface area contributed by atoms with Crippen LogP contribution in [0.1, 0.15) is 71.1 Å². The topological polar surface area (TPSA) is 38.3 Å². The number of carbonyl (C=O) groups excluding carboxylic acids is 1. The number of hydrogen-bond donors (Lipinski definition) is 1. The molecule has 0 aliphatic heterocycles. The van der Waals surface area contributed by atoms with Crippen LogP contribution in [-0.2, 0) is 9.63 Å². The molecule has 0 aromatic rings. The first-order valence-corrected chi connectivity index (χ1v) is 7.83. The molecule has 0 spiro atoms. The molecule has 0 unspecified atom stereocenters. The molecule has 110 valence electrons. The van der Waals surface area contributed by atoms with E-state index in [2.05, 4.69) is 17.2 Å². The molecule has 0 saturated carbocycles. The Morgan fingerprint density at radius 2 is 1.42 bits per heavy atom. The molecule has 0 fully saturated rings. The average Bonchev–Trinajstić information content (AvgIpc) is 2.39. The molecule has 3 nitrogen and oxygen atoms in total. The van der Waals surface area contributed by atoms with Gasteiger partial charge in [0.15, 0.2) is 0 Å². The number of nitrogens with one attached hydrogen (secondary N) is 1. The molecule has 0 aliphatic rings. The molecule has 0 aromatic carbocycles. The van der Waals surface area contributed by atoms with Crippen LogP contribution >= 0.6 is 11.6 Å². The van der Waals surface area contributed by atoms with Crippen molar-refractivity contribution in [2.75, 3.05) is 12.4 Å². The molecule has 0 amide bonds. The Bertz CT molecular complexity index is 194. The summed E-state index contributed by atoms with van der Waals surface area (Å²) in [5.74, 6) is -0.505. The van der Waals surface area contributed by atoms with Gasteiger partial charge in [0.1, 0.15) is 5.88 Å². The summed E-state index contributed by atoms with van der Waals surface area (Å²) in [5.41, 5.74) is 2.63. The van der Waals surface area contributed by atoms with E-state index in [0.29, 0.717) is 0 Å². The van der Waals surface area contributed by atoms with E-state index in [-0.39, 0.29) is 35.4 Å². The monoisotopic (exact) mass is 301 g/mol. The Balaban J connectivity index is 0. The first kappa shape index (κ1) is 22.0. The van der Waals surface area contributed by atoms with Gasteiger partial charge in [0.2, 0.25) is 0 Å². The molecule has 0 bridgehead atoms. The molecule has 0 saturated heterocycles. The van der Waals surface area contributed by atoms with Gasteiger partial charge in [-0.25, -0.2) is 4.79 Å². The standard InChI is InChI=1S/C14H28ClNO2.Na.H/c1-2-3-4-5-6-7-8-9-10-11-12-16-18-14(17)13-15;;/h16H,2-13H2,1H3;;. The number of hydroxylamine groups is 1. The Hall–Kier alpha value is 0.720. The van der Waals surface area contributed by atoms with Gasteiger partial charge in [0.05, 0.1) is 0 Å². The van der Waals surface area contributed by atoms with Crippen LogP contribution in [0.2, 0.25) is 0 Å². The van der Waals surface area contributed by atoms with E-state index in [4.69, 9.17) is 11.6 Å². The zero-order valence-corrected chi connectivity index (χ0v) is 12.4. The predicted molar refractivity (Wildman–Crippen MR) is 83.8 cm³/mol. The van der Waals surface area contributed by atoms with Gasteiger partial charge in [-0.05, 0) is 6.42 Å². The zero-order valence-electron chi connectivity index (χ0n) is 11.7. The third-order valence-electron chi connectivity index (χ3n) is 2.93. The summed E-state index contributed by atoms with van der Waals surface area (Å²) in [5, 5.41) is 0. The molecule has 0 rings (SSSR count). The third kappa shape index (κ3) is 18.7.